The molecule has 1 rings (SSSR count). The fraction of sp³-hybridized carbons (Fsp3) is 0.417. The van der Waals surface area contributed by atoms with Crippen molar-refractivity contribution in [3.8, 4) is 5.75 Å². The Bertz CT molecular complexity index is 322. The van der Waals surface area contributed by atoms with E-state index in [2.05, 4.69) is 5.32 Å². The molecule has 4 nitrogen and oxygen atoms in total. The van der Waals surface area contributed by atoms with E-state index >= 15 is 0 Å². The Hall–Kier alpha value is -1.55. The molecule has 16 heavy (non-hydrogen) atoms. The minimum Gasteiger partial charge on any atom is -0.508 e. The van der Waals surface area contributed by atoms with Crippen LogP contribution in [0, 0.1) is 0 Å². The first-order chi connectivity index (χ1) is 7.72. The highest BCUT2D eigenvalue weighted by atomic mass is 16.5. The first-order valence-electron chi connectivity index (χ1n) is 5.36. The number of carbonyl (C=O) groups excluding carboxylic acids is 1. The molecule has 0 unspecified atom stereocenters. The maximum Gasteiger partial charge on any atom is 0.307 e. The lowest BCUT2D eigenvalue weighted by Crippen LogP contribution is -2.18. The Morgan fingerprint density at radius 3 is 2.69 bits per heavy atom. The number of phenolic OH excluding ortho intramolecular Hbond substituents is 1. The summed E-state index contributed by atoms with van der Waals surface area (Å²) in [5, 5.41) is 12.2. The summed E-state index contributed by atoms with van der Waals surface area (Å²) >= 11 is 0. The lowest BCUT2D eigenvalue weighted by molar-refractivity contribution is -0.142. The molecule has 4 heteroatoms. The predicted octanol–water partition coefficient (Wildman–Crippen LogP) is 1.43. The Balaban J connectivity index is 2.16. The third-order valence-electron chi connectivity index (χ3n) is 2.08. The largest absolute Gasteiger partial charge is 0.508 e. The van der Waals surface area contributed by atoms with E-state index in [1.807, 2.05) is 12.1 Å². The Morgan fingerprint density at radius 2 is 2.06 bits per heavy atom. The monoisotopic (exact) mass is 223 g/mol. The summed E-state index contributed by atoms with van der Waals surface area (Å²) in [4.78, 5) is 11.0. The van der Waals surface area contributed by atoms with E-state index in [-0.39, 0.29) is 11.7 Å². The van der Waals surface area contributed by atoms with Gasteiger partial charge in [0, 0.05) is 13.1 Å². The topological polar surface area (TPSA) is 58.6 Å². The summed E-state index contributed by atoms with van der Waals surface area (Å²) in [7, 11) is 0. The van der Waals surface area contributed by atoms with Gasteiger partial charge in [0.15, 0.2) is 0 Å². The second-order valence-corrected chi connectivity index (χ2v) is 3.40. The summed E-state index contributed by atoms with van der Waals surface area (Å²) < 4.78 is 4.80. The fourth-order valence-electron chi connectivity index (χ4n) is 1.27. The maximum absolute atomic E-state index is 11.0. The molecule has 0 aliphatic carbocycles. The minimum atomic E-state index is -0.180. The van der Waals surface area contributed by atoms with Gasteiger partial charge < -0.3 is 15.2 Å². The smallest absolute Gasteiger partial charge is 0.307 e. The maximum atomic E-state index is 11.0. The van der Waals surface area contributed by atoms with E-state index in [1.165, 1.54) is 0 Å². The zero-order valence-corrected chi connectivity index (χ0v) is 9.40. The molecule has 0 aliphatic rings. The molecule has 0 aliphatic heterocycles. The van der Waals surface area contributed by atoms with E-state index in [9.17, 15) is 4.79 Å². The molecule has 0 atom stereocenters. The van der Waals surface area contributed by atoms with Gasteiger partial charge in [-0.1, -0.05) is 12.1 Å². The van der Waals surface area contributed by atoms with Crippen LogP contribution < -0.4 is 5.32 Å². The molecule has 0 fully saturated rings. The third kappa shape index (κ3) is 4.79. The lowest BCUT2D eigenvalue weighted by Gasteiger charge is -2.05. The lowest BCUT2D eigenvalue weighted by atomic mass is 10.2. The van der Waals surface area contributed by atoms with Crippen molar-refractivity contribution in [3.05, 3.63) is 29.8 Å². The molecular weight excluding hydrogens is 206 g/mol. The zero-order chi connectivity index (χ0) is 11.8. The number of hydrogen-bond acceptors (Lipinski definition) is 4. The molecular formula is C12H17NO3. The van der Waals surface area contributed by atoms with Gasteiger partial charge in [-0.2, -0.15) is 0 Å². The number of benzene rings is 1. The Kier molecular flexibility index (Phi) is 5.36. The van der Waals surface area contributed by atoms with Crippen LogP contribution in [0.25, 0.3) is 0 Å². The van der Waals surface area contributed by atoms with E-state index in [0.717, 1.165) is 5.56 Å². The molecule has 0 heterocycles. The van der Waals surface area contributed by atoms with Crippen LogP contribution in [0.15, 0.2) is 24.3 Å². The number of phenols is 1. The molecule has 0 bridgehead atoms. The van der Waals surface area contributed by atoms with Crippen LogP contribution in [-0.4, -0.2) is 24.2 Å². The summed E-state index contributed by atoms with van der Waals surface area (Å²) in [5.74, 6) is 0.0796. The normalized spacial score (nSPS) is 10.1. The van der Waals surface area contributed by atoms with Crippen LogP contribution in [0.4, 0.5) is 0 Å². The molecule has 1 aromatic rings. The number of nitrogens with one attached hydrogen (secondary N) is 1. The van der Waals surface area contributed by atoms with Gasteiger partial charge >= 0.3 is 5.97 Å². The van der Waals surface area contributed by atoms with Crippen LogP contribution in [0.3, 0.4) is 0 Å². The van der Waals surface area contributed by atoms with E-state index in [0.29, 0.717) is 26.1 Å². The van der Waals surface area contributed by atoms with Crippen molar-refractivity contribution in [1.29, 1.82) is 0 Å². The van der Waals surface area contributed by atoms with Crippen molar-refractivity contribution in [1.82, 2.24) is 5.32 Å². The highest BCUT2D eigenvalue weighted by molar-refractivity contribution is 5.69. The molecule has 0 aromatic heterocycles. The SMILES string of the molecule is CCOC(=O)CCNCc1ccc(O)cc1. The molecule has 0 saturated heterocycles. The van der Waals surface area contributed by atoms with Crippen molar-refractivity contribution in [2.24, 2.45) is 0 Å². The van der Waals surface area contributed by atoms with Gasteiger partial charge in [-0.25, -0.2) is 0 Å². The number of esters is 1. The zero-order valence-electron chi connectivity index (χ0n) is 9.40. The van der Waals surface area contributed by atoms with Crippen molar-refractivity contribution < 1.29 is 14.6 Å². The van der Waals surface area contributed by atoms with E-state index < -0.39 is 0 Å². The average Bonchev–Trinajstić information content (AvgIpc) is 2.27. The van der Waals surface area contributed by atoms with Crippen molar-refractivity contribution in [2.45, 2.75) is 19.9 Å². The predicted molar refractivity (Wildman–Crippen MR) is 61.1 cm³/mol. The Labute approximate surface area is 95.2 Å². The summed E-state index contributed by atoms with van der Waals surface area (Å²) in [6, 6.07) is 6.96. The number of carbonyl (C=O) groups is 1. The van der Waals surface area contributed by atoms with Gasteiger partial charge in [-0.15, -0.1) is 0 Å². The van der Waals surface area contributed by atoms with Crippen LogP contribution in [-0.2, 0) is 16.1 Å². The molecule has 0 radical (unpaired) electrons. The number of aromatic hydroxyl groups is 1. The quantitative estimate of drug-likeness (QED) is 0.566. The Morgan fingerprint density at radius 1 is 1.38 bits per heavy atom. The van der Waals surface area contributed by atoms with Crippen molar-refractivity contribution >= 4 is 5.97 Å². The van der Waals surface area contributed by atoms with Gasteiger partial charge in [-0.3, -0.25) is 4.79 Å². The average molecular weight is 223 g/mol. The van der Waals surface area contributed by atoms with Gasteiger partial charge in [0.1, 0.15) is 5.75 Å². The van der Waals surface area contributed by atoms with E-state index in [4.69, 9.17) is 9.84 Å². The standard InChI is InChI=1S/C12H17NO3/c1-2-16-12(15)7-8-13-9-10-3-5-11(14)6-4-10/h3-6,13-14H,2,7-9H2,1H3. The van der Waals surface area contributed by atoms with Crippen molar-refractivity contribution in [3.63, 3.8) is 0 Å². The fourth-order valence-corrected chi connectivity index (χ4v) is 1.27. The van der Waals surface area contributed by atoms with Gasteiger partial charge in [0.25, 0.3) is 0 Å². The molecule has 1 aromatic carbocycles. The summed E-state index contributed by atoms with van der Waals surface area (Å²) in [6.45, 7) is 3.50. The minimum absolute atomic E-state index is 0.180. The molecule has 2 N–H and O–H groups in total. The molecule has 0 amide bonds. The van der Waals surface area contributed by atoms with Gasteiger partial charge in [0.05, 0.1) is 13.0 Å². The second-order valence-electron chi connectivity index (χ2n) is 3.40. The summed E-state index contributed by atoms with van der Waals surface area (Å²) in [5.41, 5.74) is 1.07. The van der Waals surface area contributed by atoms with E-state index in [1.54, 1.807) is 19.1 Å². The summed E-state index contributed by atoms with van der Waals surface area (Å²) in [6.07, 6.45) is 0.381. The first kappa shape index (κ1) is 12.5. The highest BCUT2D eigenvalue weighted by Crippen LogP contribution is 2.08. The molecule has 88 valence electrons. The van der Waals surface area contributed by atoms with Gasteiger partial charge in [-0.05, 0) is 24.6 Å². The highest BCUT2D eigenvalue weighted by Gasteiger charge is 2.00. The second kappa shape index (κ2) is 6.85. The van der Waals surface area contributed by atoms with Crippen molar-refractivity contribution in [2.75, 3.05) is 13.2 Å². The van der Waals surface area contributed by atoms with Crippen LogP contribution in [0.2, 0.25) is 0 Å². The third-order valence-corrected chi connectivity index (χ3v) is 2.08. The van der Waals surface area contributed by atoms with Crippen LogP contribution in [0.5, 0.6) is 5.75 Å². The van der Waals surface area contributed by atoms with Gasteiger partial charge in [0.2, 0.25) is 0 Å². The number of hydrogen-bond donors (Lipinski definition) is 2. The molecule has 0 spiro atoms. The number of ether oxygens (including phenoxy) is 1. The molecule has 0 saturated carbocycles. The van der Waals surface area contributed by atoms with Crippen LogP contribution >= 0.6 is 0 Å². The first-order valence-corrected chi connectivity index (χ1v) is 5.36. The van der Waals surface area contributed by atoms with Crippen LogP contribution in [0.1, 0.15) is 18.9 Å². The number of rotatable bonds is 6.